The van der Waals surface area contributed by atoms with E-state index < -0.39 is 0 Å². The number of rotatable bonds is 3. The van der Waals surface area contributed by atoms with Gasteiger partial charge in [0, 0.05) is 24.2 Å². The number of nitrogens with two attached hydrogens (primary N) is 1. The number of nitrogens with zero attached hydrogens (tertiary/aromatic N) is 2. The van der Waals surface area contributed by atoms with Crippen molar-refractivity contribution in [3.63, 3.8) is 0 Å². The lowest BCUT2D eigenvalue weighted by Gasteiger charge is -2.34. The second kappa shape index (κ2) is 5.06. The van der Waals surface area contributed by atoms with E-state index in [1.807, 2.05) is 4.68 Å². The van der Waals surface area contributed by atoms with Crippen molar-refractivity contribution in [3.8, 4) is 0 Å². The van der Waals surface area contributed by atoms with Crippen LogP contribution in [0.2, 0.25) is 0 Å². The average molecular weight is 269 g/mol. The van der Waals surface area contributed by atoms with Crippen molar-refractivity contribution in [2.24, 2.45) is 5.73 Å². The van der Waals surface area contributed by atoms with Gasteiger partial charge in [-0.1, -0.05) is 24.3 Å². The monoisotopic (exact) mass is 269 g/mol. The zero-order valence-electron chi connectivity index (χ0n) is 12.3. The van der Waals surface area contributed by atoms with Crippen molar-refractivity contribution in [2.75, 3.05) is 0 Å². The van der Waals surface area contributed by atoms with Gasteiger partial charge in [-0.15, -0.1) is 0 Å². The lowest BCUT2D eigenvalue weighted by molar-refractivity contribution is 0.363. The van der Waals surface area contributed by atoms with Gasteiger partial charge in [0.2, 0.25) is 0 Å². The van der Waals surface area contributed by atoms with Crippen LogP contribution in [0.25, 0.3) is 0 Å². The van der Waals surface area contributed by atoms with Crippen LogP contribution in [0.1, 0.15) is 43.1 Å². The summed E-state index contributed by atoms with van der Waals surface area (Å²) < 4.78 is 2.01. The molecule has 1 aromatic heterocycles. The Balaban J connectivity index is 1.77. The molecule has 0 saturated heterocycles. The van der Waals surface area contributed by atoms with E-state index in [4.69, 9.17) is 5.73 Å². The van der Waals surface area contributed by atoms with E-state index in [1.165, 1.54) is 11.1 Å². The smallest absolute Gasteiger partial charge is 0.0643 e. The molecule has 0 bridgehead atoms. The number of aromatic nitrogens is 2. The van der Waals surface area contributed by atoms with Gasteiger partial charge in [-0.3, -0.25) is 4.68 Å². The molecule has 1 heterocycles. The second-order valence-corrected chi connectivity index (χ2v) is 6.37. The van der Waals surface area contributed by atoms with E-state index in [9.17, 15) is 0 Å². The third kappa shape index (κ3) is 2.63. The molecule has 1 atom stereocenters. The molecule has 0 spiro atoms. The van der Waals surface area contributed by atoms with Crippen LogP contribution >= 0.6 is 0 Å². The maximum atomic E-state index is 6.64. The van der Waals surface area contributed by atoms with Crippen LogP contribution in [-0.2, 0) is 19.3 Å². The Morgan fingerprint density at radius 1 is 1.25 bits per heavy atom. The quantitative estimate of drug-likeness (QED) is 0.931. The van der Waals surface area contributed by atoms with Crippen LogP contribution in [0, 0.1) is 0 Å². The largest absolute Gasteiger partial charge is 0.324 e. The SMILES string of the molecule is CC(C)n1ccc(CC2(N)CCc3ccccc3C2)n1. The van der Waals surface area contributed by atoms with Gasteiger partial charge in [-0.25, -0.2) is 0 Å². The summed E-state index contributed by atoms with van der Waals surface area (Å²) in [5.74, 6) is 0. The number of hydrogen-bond acceptors (Lipinski definition) is 2. The number of benzene rings is 1. The topological polar surface area (TPSA) is 43.8 Å². The van der Waals surface area contributed by atoms with Gasteiger partial charge in [-0.05, 0) is 50.3 Å². The molecule has 2 aromatic rings. The van der Waals surface area contributed by atoms with Crippen LogP contribution in [0.5, 0.6) is 0 Å². The predicted molar refractivity (Wildman–Crippen MR) is 81.7 cm³/mol. The molecule has 0 saturated carbocycles. The van der Waals surface area contributed by atoms with Gasteiger partial charge in [0.15, 0.2) is 0 Å². The lowest BCUT2D eigenvalue weighted by atomic mass is 9.76. The molecule has 1 aromatic carbocycles. The summed E-state index contributed by atoms with van der Waals surface area (Å²) in [6.45, 7) is 4.29. The molecule has 0 aliphatic heterocycles. The van der Waals surface area contributed by atoms with E-state index >= 15 is 0 Å². The fraction of sp³-hybridized carbons (Fsp3) is 0.471. The fourth-order valence-electron chi connectivity index (χ4n) is 3.10. The highest BCUT2D eigenvalue weighted by Crippen LogP contribution is 2.29. The van der Waals surface area contributed by atoms with Crippen molar-refractivity contribution < 1.29 is 0 Å². The van der Waals surface area contributed by atoms with Crippen molar-refractivity contribution in [1.29, 1.82) is 0 Å². The summed E-state index contributed by atoms with van der Waals surface area (Å²) in [5, 5.41) is 4.64. The highest BCUT2D eigenvalue weighted by Gasteiger charge is 2.31. The van der Waals surface area contributed by atoms with Gasteiger partial charge < -0.3 is 5.73 Å². The molecular formula is C17H23N3. The molecule has 20 heavy (non-hydrogen) atoms. The Bertz CT molecular complexity index is 600. The lowest BCUT2D eigenvalue weighted by Crippen LogP contribution is -2.47. The minimum atomic E-state index is -0.148. The van der Waals surface area contributed by atoms with Crippen LogP contribution in [0.3, 0.4) is 0 Å². The van der Waals surface area contributed by atoms with E-state index in [2.05, 4.69) is 55.5 Å². The number of aryl methyl sites for hydroxylation is 1. The molecule has 0 radical (unpaired) electrons. The van der Waals surface area contributed by atoms with Gasteiger partial charge in [0.1, 0.15) is 0 Å². The van der Waals surface area contributed by atoms with E-state index in [0.29, 0.717) is 6.04 Å². The standard InChI is InChI=1S/C17H23N3/c1-13(2)20-10-8-16(19-20)12-17(18)9-7-14-5-3-4-6-15(14)11-17/h3-6,8,10,13H,7,9,11-12,18H2,1-2H3. The van der Waals surface area contributed by atoms with Gasteiger partial charge in [0.25, 0.3) is 0 Å². The summed E-state index contributed by atoms with van der Waals surface area (Å²) in [4.78, 5) is 0. The molecule has 0 amide bonds. The normalized spacial score (nSPS) is 22.0. The van der Waals surface area contributed by atoms with Crippen molar-refractivity contribution in [3.05, 3.63) is 53.3 Å². The zero-order valence-corrected chi connectivity index (χ0v) is 12.3. The Kier molecular flexibility index (Phi) is 3.38. The average Bonchev–Trinajstić information content (AvgIpc) is 2.86. The first-order valence-corrected chi connectivity index (χ1v) is 7.45. The molecule has 1 aliphatic rings. The Morgan fingerprint density at radius 2 is 2.00 bits per heavy atom. The minimum Gasteiger partial charge on any atom is -0.324 e. The first-order chi connectivity index (χ1) is 9.56. The molecule has 1 aliphatic carbocycles. The highest BCUT2D eigenvalue weighted by molar-refractivity contribution is 5.32. The third-order valence-electron chi connectivity index (χ3n) is 4.28. The first kappa shape index (κ1) is 13.4. The second-order valence-electron chi connectivity index (χ2n) is 6.37. The molecule has 1 unspecified atom stereocenters. The minimum absolute atomic E-state index is 0.148. The van der Waals surface area contributed by atoms with Crippen LogP contribution in [0.4, 0.5) is 0 Å². The summed E-state index contributed by atoms with van der Waals surface area (Å²) >= 11 is 0. The zero-order chi connectivity index (χ0) is 14.2. The first-order valence-electron chi connectivity index (χ1n) is 7.45. The Labute approximate surface area is 120 Å². The summed E-state index contributed by atoms with van der Waals surface area (Å²) in [6.07, 6.45) is 6.00. The molecule has 0 fully saturated rings. The summed E-state index contributed by atoms with van der Waals surface area (Å²) in [6, 6.07) is 11.2. The number of fused-ring (bicyclic) bond motifs is 1. The molecule has 3 heteroatoms. The van der Waals surface area contributed by atoms with E-state index in [-0.39, 0.29) is 5.54 Å². The predicted octanol–water partition coefficient (Wildman–Crippen LogP) is 2.89. The third-order valence-corrected chi connectivity index (χ3v) is 4.28. The maximum absolute atomic E-state index is 6.64. The summed E-state index contributed by atoms with van der Waals surface area (Å²) in [5.41, 5.74) is 10.5. The summed E-state index contributed by atoms with van der Waals surface area (Å²) in [7, 11) is 0. The van der Waals surface area contributed by atoms with E-state index in [1.54, 1.807) is 0 Å². The van der Waals surface area contributed by atoms with Crippen LogP contribution in [0.15, 0.2) is 36.5 Å². The number of hydrogen-bond donors (Lipinski definition) is 1. The van der Waals surface area contributed by atoms with Gasteiger partial charge in [0.05, 0.1) is 5.69 Å². The highest BCUT2D eigenvalue weighted by atomic mass is 15.3. The molecular weight excluding hydrogens is 246 g/mol. The molecule has 3 nitrogen and oxygen atoms in total. The van der Waals surface area contributed by atoms with Crippen LogP contribution in [-0.4, -0.2) is 15.3 Å². The maximum Gasteiger partial charge on any atom is 0.0643 e. The van der Waals surface area contributed by atoms with E-state index in [0.717, 1.165) is 31.4 Å². The fourth-order valence-corrected chi connectivity index (χ4v) is 3.10. The molecule has 106 valence electrons. The van der Waals surface area contributed by atoms with Gasteiger partial charge >= 0.3 is 0 Å². The van der Waals surface area contributed by atoms with Crippen molar-refractivity contribution in [1.82, 2.24) is 9.78 Å². The van der Waals surface area contributed by atoms with Crippen molar-refractivity contribution >= 4 is 0 Å². The Hall–Kier alpha value is -1.61. The molecule has 2 N–H and O–H groups in total. The Morgan fingerprint density at radius 3 is 2.70 bits per heavy atom. The van der Waals surface area contributed by atoms with Crippen LogP contribution < -0.4 is 5.73 Å². The van der Waals surface area contributed by atoms with Crippen molar-refractivity contribution in [2.45, 2.75) is 51.1 Å². The van der Waals surface area contributed by atoms with Gasteiger partial charge in [-0.2, -0.15) is 5.10 Å². The molecule has 3 rings (SSSR count).